The van der Waals surface area contributed by atoms with Crippen molar-refractivity contribution in [3.63, 3.8) is 0 Å². The Kier molecular flexibility index (Phi) is 9.14. The van der Waals surface area contributed by atoms with E-state index in [1.54, 1.807) is 36.4 Å². The van der Waals surface area contributed by atoms with Gasteiger partial charge in [0.1, 0.15) is 33.5 Å². The fraction of sp³-hybridized carbons (Fsp3) is 0. The first-order chi connectivity index (χ1) is 94.6. The van der Waals surface area contributed by atoms with Crippen molar-refractivity contribution in [2.45, 2.75) is 0 Å². The van der Waals surface area contributed by atoms with Crippen molar-refractivity contribution >= 4 is 292 Å². The summed E-state index contributed by atoms with van der Waals surface area (Å²) in [5, 5.41) is 7.26. The van der Waals surface area contributed by atoms with E-state index >= 15 is 0 Å². The van der Waals surface area contributed by atoms with E-state index < -0.39 is 365 Å². The van der Waals surface area contributed by atoms with E-state index in [9.17, 15) is 34.3 Å². The minimum atomic E-state index is -0.910. The van der Waals surface area contributed by atoms with Crippen LogP contribution in [0.4, 0.5) is 0 Å². The van der Waals surface area contributed by atoms with Gasteiger partial charge >= 0.3 is 0 Å². The van der Waals surface area contributed by atoms with Gasteiger partial charge < -0.3 is 13.3 Å². The van der Waals surface area contributed by atoms with Crippen molar-refractivity contribution in [2.75, 3.05) is 0 Å². The van der Waals surface area contributed by atoms with Crippen LogP contribution in [0.25, 0.3) is 359 Å². The van der Waals surface area contributed by atoms with Gasteiger partial charge in [0.05, 0.1) is 71.3 Å². The Bertz CT molecular complexity index is 15500. The van der Waals surface area contributed by atoms with E-state index in [4.69, 9.17) is 50.3 Å². The highest BCUT2D eigenvalue weighted by Crippen LogP contribution is 2.55. The predicted molar refractivity (Wildman–Crippen MR) is 629 cm³/mol. The Labute approximate surface area is 912 Å². The summed E-state index contributed by atoms with van der Waals surface area (Å²) < 4.78 is 494. The van der Waals surface area contributed by atoms with Gasteiger partial charge in [-0.15, -0.1) is 0 Å². The molecule has 3 aromatic heterocycles. The van der Waals surface area contributed by atoms with Crippen molar-refractivity contribution in [3.05, 3.63) is 472 Å². The van der Waals surface area contributed by atoms with Crippen LogP contribution in [0, 0.1) is 0 Å². The Morgan fingerprint density at radius 2 is 0.449 bits per heavy atom. The summed E-state index contributed by atoms with van der Waals surface area (Å²) in [5.41, 5.74) is -0.947. The molecule has 0 saturated heterocycles. The van der Waals surface area contributed by atoms with Gasteiger partial charge in [0.25, 0.3) is 0 Å². The average molecular weight is 1910 g/mol. The van der Waals surface area contributed by atoms with E-state index in [2.05, 4.69) is 48.5 Å². The molecule has 0 spiro atoms. The van der Waals surface area contributed by atoms with Crippen LogP contribution in [0.15, 0.2) is 485 Å². The summed E-state index contributed by atoms with van der Waals surface area (Å²) in [6.45, 7) is 0. The molecule has 672 valence electrons. The fourth-order valence-corrected chi connectivity index (χ4v) is 22.8. The first-order valence-electron chi connectivity index (χ1n) is 72.8. The van der Waals surface area contributed by atoms with Crippen LogP contribution >= 0.6 is 0 Å². The van der Waals surface area contributed by atoms with Crippen molar-refractivity contribution in [1.82, 2.24) is 0 Å². The van der Waals surface area contributed by atoms with Crippen LogP contribution < -0.4 is 0 Å². The zero-order valence-electron chi connectivity index (χ0n) is 127. The van der Waals surface area contributed by atoms with Gasteiger partial charge in [0.2, 0.25) is 0 Å². The summed E-state index contributed by atoms with van der Waals surface area (Å²) in [5.74, 6) is 0. The molecule has 0 saturated carbocycles. The molecule has 0 atom stereocenters. The Hall–Kier alpha value is -19.3. The molecule has 0 amide bonds. The van der Waals surface area contributed by atoms with E-state index in [0.717, 1.165) is 64.6 Å². The van der Waals surface area contributed by atoms with Crippen LogP contribution in [0.1, 0.15) is 71.3 Å². The lowest BCUT2D eigenvalue weighted by atomic mass is 9.88. The summed E-state index contributed by atoms with van der Waals surface area (Å²) >= 11 is 0. The number of hydrogen-bond acceptors (Lipinski definition) is 3. The zero-order chi connectivity index (χ0) is 141. The molecule has 0 unspecified atom stereocenters. The van der Waals surface area contributed by atoms with E-state index in [1.807, 2.05) is 72.8 Å². The number of fused-ring (bicyclic) bond motifs is 15. The lowest BCUT2D eigenvalue weighted by Gasteiger charge is -2.15. The zero-order valence-corrected chi connectivity index (χ0v) is 75.2. The van der Waals surface area contributed by atoms with Gasteiger partial charge in [-0.2, -0.15) is 0 Å². The maximum Gasteiger partial charge on any atom is 0.143 e. The van der Waals surface area contributed by atoms with Crippen LogP contribution in [0.3, 0.4) is 0 Å². The molecule has 36 aromatic rings. The van der Waals surface area contributed by atoms with Crippen LogP contribution in [0.2, 0.25) is 0 Å². The third-order valence-electron chi connectivity index (χ3n) is 29.1. The fourth-order valence-electron chi connectivity index (χ4n) is 22.8. The van der Waals surface area contributed by atoms with Crippen molar-refractivity contribution in [1.29, 1.82) is 0 Å². The summed E-state index contributed by atoms with van der Waals surface area (Å²) in [6, 6.07) is 18.9. The minimum Gasteiger partial charge on any atom is -0.455 e. The van der Waals surface area contributed by atoms with Crippen LogP contribution in [-0.2, 0) is 0 Å². The van der Waals surface area contributed by atoms with Crippen molar-refractivity contribution in [3.8, 4) is 66.8 Å². The second-order valence-electron chi connectivity index (χ2n) is 36.6. The van der Waals surface area contributed by atoms with Crippen molar-refractivity contribution in [2.24, 2.45) is 0 Å². The SMILES string of the molecule is [2H]c1c(-c2c([2H])c([2H])c3c([2H])c([2H])c4c([2H])c([2H])c([2H])c5c([2H])c([2H])c2c3c45)c([2H])c2c(oc3c(-c4c([2H])c([2H])c5c([2H])c([2H])c6c([2H])c([2H])c([2H])c7c([2H])c([2H])c4c5c67)c([2H])c4c([2H])c([2H])c([2H])c([2H])c4c32)c1[2H].[2H]c1c(-c2ccc3ccc4cccc5ccc2c3c45)c([2H])c2c(oc3c(-c4ccc5ccc6cccc7ccc4c5c67)c([2H])c4c([2H])c([2H])c([2H])c([2H])c4c32)c1[2H].[2H]c1c([2H])c2c([2H])c([2H])c3c([2H])c([2H])c(-c4ccc5oc6c(-c7c([2H])c([2H])c8c([2H])c([2H])c9c([2H])c([2H])c([2H])c%10c([2H])c([2H])c7c8c9%10)cc7ccccc7c6c5c4)c4c([2H])c([2H])c(c1[2H])c2c34. The molecular weight excluding hydrogens is 1780 g/mol. The molecule has 0 radical (unpaired) electrons. The maximum absolute atomic E-state index is 10.0. The van der Waals surface area contributed by atoms with Gasteiger partial charge in [-0.25, -0.2) is 0 Å². The quantitative estimate of drug-likeness (QED) is 0.156. The highest BCUT2D eigenvalue weighted by molar-refractivity contribution is 6.36. The van der Waals surface area contributed by atoms with Gasteiger partial charge in [0.15, 0.2) is 0 Å². The monoisotopic (exact) mass is 1910 g/mol. The van der Waals surface area contributed by atoms with E-state index in [1.165, 1.54) is 0 Å². The molecular formula is C144H78O3. The second-order valence-corrected chi connectivity index (χ2v) is 36.6. The second kappa shape index (κ2) is 29.7. The normalized spacial score (nSPS) is 17.4. The molecule has 0 fully saturated rings. The molecule has 0 aliphatic rings. The highest BCUT2D eigenvalue weighted by atomic mass is 16.3. The van der Waals surface area contributed by atoms with Gasteiger partial charge in [-0.1, -0.05) is 417 Å². The average Bonchev–Trinajstić information content (AvgIpc) is 1.65. The van der Waals surface area contributed by atoms with E-state index in [-0.39, 0.29) is 199 Å². The Morgan fingerprint density at radius 1 is 0.129 bits per heavy atom. The first kappa shape index (κ1) is 45.3. The molecule has 3 heterocycles. The van der Waals surface area contributed by atoms with Crippen LogP contribution in [0.5, 0.6) is 0 Å². The summed E-state index contributed by atoms with van der Waals surface area (Å²) in [4.78, 5) is 0. The molecule has 36 rings (SSSR count). The maximum atomic E-state index is 10.0. The van der Waals surface area contributed by atoms with E-state index in [0.29, 0.717) is 43.8 Å². The van der Waals surface area contributed by atoms with Crippen LogP contribution in [-0.4, -0.2) is 0 Å². The molecule has 0 aliphatic heterocycles. The lowest BCUT2D eigenvalue weighted by Crippen LogP contribution is -1.88. The van der Waals surface area contributed by atoms with Crippen molar-refractivity contribution < 1.29 is 84.5 Å². The molecule has 3 nitrogen and oxygen atoms in total. The number of hydrogen-bond donors (Lipinski definition) is 0. The Balaban J connectivity index is 0.000000117. The van der Waals surface area contributed by atoms with Gasteiger partial charge in [0, 0.05) is 49.0 Å². The topological polar surface area (TPSA) is 39.4 Å². The minimum absolute atomic E-state index is 0.00190. The van der Waals surface area contributed by atoms with Gasteiger partial charge in [-0.05, 0) is 331 Å². The third kappa shape index (κ3) is 11.2. The third-order valence-corrected chi connectivity index (χ3v) is 29.1. The summed E-state index contributed by atoms with van der Waals surface area (Å²) in [6.07, 6.45) is 0. The molecule has 147 heavy (non-hydrogen) atoms. The molecule has 0 bridgehead atoms. The first-order valence-corrected chi connectivity index (χ1v) is 46.8. The number of rotatable bonds is 6. The highest BCUT2D eigenvalue weighted by Gasteiger charge is 2.28. The number of furan rings is 3. The molecule has 33 aromatic carbocycles. The molecule has 0 aliphatic carbocycles. The standard InChI is InChI=1S/3C48H26O/c3*1-2-10-36-33(5-1)25-40(37-21-16-32-14-12-28-7-4-9-30-18-23-39(37)46(32)44(28)30)48-47(36)41-26-34(19-24-42(41)49-48)35-20-15-31-13-11-27-6-3-8-29-17-22-38(35)45(31)43(27)29/h3*1-26H/i1D,2D,3D,4D,5D,6D,7D,8D,9D,10D,11D,12D,13D,14D,15D,16D,17D,18D,19D,20D,21D,22D,23D,24D,25D,26D;3D,4D,6D,7D,8D,9D,11D,12D,13D,14D,15D,16D,17D,18D,20D,21D,22D,23D;1D,2D,5D,10D,19D,24D,25D,26D. The molecule has 0 N–H and O–H groups in total. The predicted octanol–water partition coefficient (Wildman–Crippen LogP) is 41.6. The lowest BCUT2D eigenvalue weighted by molar-refractivity contribution is 0.670. The molecule has 3 heteroatoms. The van der Waals surface area contributed by atoms with Gasteiger partial charge in [-0.3, -0.25) is 0 Å². The summed E-state index contributed by atoms with van der Waals surface area (Å²) in [7, 11) is 0. The Morgan fingerprint density at radius 3 is 0.925 bits per heavy atom. The smallest absolute Gasteiger partial charge is 0.143 e. The largest absolute Gasteiger partial charge is 0.455 e. The number of benzene rings is 33.